The maximum Gasteiger partial charge on any atom is 0.318 e. The molecule has 0 spiro atoms. The Labute approximate surface area is 204 Å². The van der Waals surface area contributed by atoms with Gasteiger partial charge in [0.1, 0.15) is 6.54 Å². The Morgan fingerprint density at radius 1 is 1.21 bits per heavy atom. The summed E-state index contributed by atoms with van der Waals surface area (Å²) in [5.41, 5.74) is 1.70. The van der Waals surface area contributed by atoms with Crippen molar-refractivity contribution in [1.82, 2.24) is 15.2 Å². The van der Waals surface area contributed by atoms with Gasteiger partial charge in [-0.25, -0.2) is 9.80 Å². The third-order valence-corrected chi connectivity index (χ3v) is 6.27. The number of methoxy groups -OCH3 is 3. The summed E-state index contributed by atoms with van der Waals surface area (Å²) in [6.45, 7) is 4.24. The van der Waals surface area contributed by atoms with Crippen LogP contribution < -0.4 is 14.8 Å². The van der Waals surface area contributed by atoms with Crippen LogP contribution in [0.5, 0.6) is 11.5 Å². The number of nitrogens with one attached hydrogen (secondary N) is 1. The number of carbonyl (C=O) groups is 2. The first-order valence-electron chi connectivity index (χ1n) is 11.1. The highest BCUT2D eigenvalue weighted by Crippen LogP contribution is 2.37. The lowest BCUT2D eigenvalue weighted by Gasteiger charge is -2.27. The Bertz CT molecular complexity index is 1010. The molecular formula is C24H32N4O5S. The number of carbonyl (C=O) groups excluding carboxylic acids is 2. The van der Waals surface area contributed by atoms with Crippen molar-refractivity contribution in [3.05, 3.63) is 46.2 Å². The zero-order valence-electron chi connectivity index (χ0n) is 20.2. The summed E-state index contributed by atoms with van der Waals surface area (Å²) in [5, 5.41) is 11.0. The van der Waals surface area contributed by atoms with E-state index in [1.165, 1.54) is 9.91 Å². The van der Waals surface area contributed by atoms with Gasteiger partial charge in [0, 0.05) is 26.1 Å². The lowest BCUT2D eigenvalue weighted by Crippen LogP contribution is -2.48. The molecule has 1 aromatic carbocycles. The van der Waals surface area contributed by atoms with Crippen molar-refractivity contribution in [2.75, 3.05) is 41.0 Å². The molecule has 10 heteroatoms. The van der Waals surface area contributed by atoms with E-state index in [2.05, 4.69) is 10.4 Å². The number of nitrogens with zero attached hydrogens (tertiary/aromatic N) is 3. The number of ether oxygens (including phenoxy) is 3. The van der Waals surface area contributed by atoms with E-state index in [1.807, 2.05) is 49.6 Å². The van der Waals surface area contributed by atoms with Crippen molar-refractivity contribution in [2.45, 2.75) is 32.4 Å². The Kier molecular flexibility index (Phi) is 8.89. The van der Waals surface area contributed by atoms with Crippen LogP contribution in [0.15, 0.2) is 40.8 Å². The van der Waals surface area contributed by atoms with Gasteiger partial charge in [0.15, 0.2) is 11.5 Å². The highest BCUT2D eigenvalue weighted by molar-refractivity contribution is 7.12. The minimum absolute atomic E-state index is 0.0533. The molecule has 1 aromatic heterocycles. The maximum atomic E-state index is 13.5. The van der Waals surface area contributed by atoms with Crippen molar-refractivity contribution >= 4 is 29.0 Å². The molecule has 1 aliphatic rings. The van der Waals surface area contributed by atoms with E-state index in [1.54, 1.807) is 32.7 Å². The topological polar surface area (TPSA) is 92.7 Å². The third kappa shape index (κ3) is 6.06. The number of amides is 3. The van der Waals surface area contributed by atoms with Gasteiger partial charge in [-0.1, -0.05) is 12.1 Å². The van der Waals surface area contributed by atoms with E-state index >= 15 is 0 Å². The molecule has 9 nitrogen and oxygen atoms in total. The zero-order chi connectivity index (χ0) is 24.7. The SMILES string of the molecule is COCCN(CC(=O)N1N=C(c2cccs2)CC1c1ccc(OC)c(OC)c1)C(=O)NC(C)C. The first-order chi connectivity index (χ1) is 16.4. The molecule has 34 heavy (non-hydrogen) atoms. The molecule has 1 unspecified atom stereocenters. The lowest BCUT2D eigenvalue weighted by atomic mass is 10.0. The van der Waals surface area contributed by atoms with Gasteiger partial charge in [-0.2, -0.15) is 5.10 Å². The van der Waals surface area contributed by atoms with Crippen LogP contribution in [-0.4, -0.2) is 74.6 Å². The van der Waals surface area contributed by atoms with Crippen molar-refractivity contribution in [2.24, 2.45) is 5.10 Å². The quantitative estimate of drug-likeness (QED) is 0.553. The zero-order valence-corrected chi connectivity index (χ0v) is 21.1. The molecule has 1 aliphatic heterocycles. The van der Waals surface area contributed by atoms with Gasteiger partial charge in [0.2, 0.25) is 0 Å². The van der Waals surface area contributed by atoms with Gasteiger partial charge in [0.25, 0.3) is 5.91 Å². The van der Waals surface area contributed by atoms with Crippen LogP contribution in [0.3, 0.4) is 0 Å². The predicted octanol–water partition coefficient (Wildman–Crippen LogP) is 3.51. The highest BCUT2D eigenvalue weighted by atomic mass is 32.1. The normalized spacial score (nSPS) is 15.3. The number of benzene rings is 1. The van der Waals surface area contributed by atoms with Crippen LogP contribution in [0.4, 0.5) is 4.79 Å². The molecule has 3 amide bonds. The molecule has 3 rings (SSSR count). The summed E-state index contributed by atoms with van der Waals surface area (Å²) in [5.74, 6) is 0.911. The minimum Gasteiger partial charge on any atom is -0.493 e. The molecule has 0 aliphatic carbocycles. The molecule has 0 saturated heterocycles. The molecule has 0 bridgehead atoms. The van der Waals surface area contributed by atoms with Crippen LogP contribution in [-0.2, 0) is 9.53 Å². The standard InChI is InChI=1S/C24H32N4O5S/c1-16(2)25-24(30)27(10-11-31-3)15-23(29)28-19(14-18(26-28)22-7-6-12-34-22)17-8-9-20(32-4)21(13-17)33-5/h6-9,12-13,16,19H,10-11,14-15H2,1-5H3,(H,25,30). The first kappa shape index (κ1) is 25.5. The smallest absolute Gasteiger partial charge is 0.318 e. The van der Waals surface area contributed by atoms with Crippen LogP contribution in [0.1, 0.15) is 36.8 Å². The molecule has 2 heterocycles. The lowest BCUT2D eigenvalue weighted by molar-refractivity contribution is -0.133. The molecular weight excluding hydrogens is 456 g/mol. The predicted molar refractivity (Wildman–Crippen MR) is 132 cm³/mol. The number of hydrogen-bond acceptors (Lipinski definition) is 7. The summed E-state index contributed by atoms with van der Waals surface area (Å²) in [6, 6.07) is 8.85. The Balaban J connectivity index is 1.90. The van der Waals surface area contributed by atoms with Crippen LogP contribution in [0.2, 0.25) is 0 Å². The third-order valence-electron chi connectivity index (χ3n) is 5.35. The van der Waals surface area contributed by atoms with Crippen LogP contribution >= 0.6 is 11.3 Å². The van der Waals surface area contributed by atoms with E-state index in [0.717, 1.165) is 16.2 Å². The molecule has 2 aromatic rings. The van der Waals surface area contributed by atoms with E-state index in [-0.39, 0.29) is 37.1 Å². The van der Waals surface area contributed by atoms with Crippen molar-refractivity contribution < 1.29 is 23.8 Å². The van der Waals surface area contributed by atoms with E-state index in [4.69, 9.17) is 14.2 Å². The molecule has 0 fully saturated rings. The molecule has 184 valence electrons. The number of thiophene rings is 1. The summed E-state index contributed by atoms with van der Waals surface area (Å²) >= 11 is 1.58. The van der Waals surface area contributed by atoms with Gasteiger partial charge in [-0.15, -0.1) is 11.3 Å². The molecule has 1 atom stereocenters. The Morgan fingerprint density at radius 2 is 1.97 bits per heavy atom. The molecule has 1 N–H and O–H groups in total. The number of hydrazone groups is 1. The minimum atomic E-state index is -0.332. The summed E-state index contributed by atoms with van der Waals surface area (Å²) in [7, 11) is 4.72. The second-order valence-corrected chi connectivity index (χ2v) is 9.06. The second-order valence-electron chi connectivity index (χ2n) is 8.12. The fourth-order valence-corrected chi connectivity index (χ4v) is 4.40. The maximum absolute atomic E-state index is 13.5. The van der Waals surface area contributed by atoms with Crippen molar-refractivity contribution in [3.63, 3.8) is 0 Å². The first-order valence-corrected chi connectivity index (χ1v) is 12.0. The average Bonchev–Trinajstić information content (AvgIpc) is 3.50. The number of hydrogen-bond donors (Lipinski definition) is 1. The van der Waals surface area contributed by atoms with Gasteiger partial charge >= 0.3 is 6.03 Å². The fourth-order valence-electron chi connectivity index (χ4n) is 3.68. The van der Waals surface area contributed by atoms with E-state index < -0.39 is 0 Å². The summed E-state index contributed by atoms with van der Waals surface area (Å²) in [6.07, 6.45) is 0.554. The fraction of sp³-hybridized carbons (Fsp3) is 0.458. The van der Waals surface area contributed by atoms with Crippen LogP contribution in [0, 0.1) is 0 Å². The van der Waals surface area contributed by atoms with Gasteiger partial charge < -0.3 is 24.4 Å². The summed E-state index contributed by atoms with van der Waals surface area (Å²) < 4.78 is 16.0. The van der Waals surface area contributed by atoms with Gasteiger partial charge in [0.05, 0.1) is 37.5 Å². The van der Waals surface area contributed by atoms with E-state index in [9.17, 15) is 9.59 Å². The largest absolute Gasteiger partial charge is 0.493 e. The Morgan fingerprint density at radius 3 is 2.59 bits per heavy atom. The van der Waals surface area contributed by atoms with Gasteiger partial charge in [-0.3, -0.25) is 4.79 Å². The number of urea groups is 1. The number of rotatable bonds is 10. The highest BCUT2D eigenvalue weighted by Gasteiger charge is 2.35. The summed E-state index contributed by atoms with van der Waals surface area (Å²) in [4.78, 5) is 28.6. The van der Waals surface area contributed by atoms with Crippen molar-refractivity contribution in [3.8, 4) is 11.5 Å². The van der Waals surface area contributed by atoms with Crippen LogP contribution in [0.25, 0.3) is 0 Å². The van der Waals surface area contributed by atoms with Crippen molar-refractivity contribution in [1.29, 1.82) is 0 Å². The van der Waals surface area contributed by atoms with Gasteiger partial charge in [-0.05, 0) is 43.0 Å². The molecule has 0 radical (unpaired) electrons. The molecule has 0 saturated carbocycles. The average molecular weight is 489 g/mol. The monoisotopic (exact) mass is 488 g/mol. The van der Waals surface area contributed by atoms with E-state index in [0.29, 0.717) is 24.5 Å². The Hall–Kier alpha value is -3.11. The second kappa shape index (κ2) is 11.8.